The SMILES string of the molecule is CCCSCC(O)Cc1ccc(F)cc1Cl. The van der Waals surface area contributed by atoms with Gasteiger partial charge in [0, 0.05) is 17.2 Å². The molecule has 0 heterocycles. The van der Waals surface area contributed by atoms with Crippen LogP contribution >= 0.6 is 23.4 Å². The average molecular weight is 263 g/mol. The summed E-state index contributed by atoms with van der Waals surface area (Å²) < 4.78 is 12.8. The third-order valence-electron chi connectivity index (χ3n) is 2.13. The van der Waals surface area contributed by atoms with Gasteiger partial charge in [-0.3, -0.25) is 0 Å². The molecule has 0 amide bonds. The smallest absolute Gasteiger partial charge is 0.124 e. The van der Waals surface area contributed by atoms with Crippen molar-refractivity contribution in [1.82, 2.24) is 0 Å². The lowest BCUT2D eigenvalue weighted by Gasteiger charge is -2.11. The largest absolute Gasteiger partial charge is 0.392 e. The van der Waals surface area contributed by atoms with E-state index >= 15 is 0 Å². The molecule has 0 aliphatic heterocycles. The monoisotopic (exact) mass is 262 g/mol. The Labute approximate surface area is 105 Å². The zero-order valence-electron chi connectivity index (χ0n) is 9.25. The Bertz CT molecular complexity index is 333. The summed E-state index contributed by atoms with van der Waals surface area (Å²) in [6.45, 7) is 2.11. The molecule has 0 radical (unpaired) electrons. The lowest BCUT2D eigenvalue weighted by molar-refractivity contribution is 0.200. The van der Waals surface area contributed by atoms with Crippen LogP contribution in [-0.4, -0.2) is 22.7 Å². The average Bonchev–Trinajstić information content (AvgIpc) is 2.23. The van der Waals surface area contributed by atoms with Crippen molar-refractivity contribution in [2.24, 2.45) is 0 Å². The topological polar surface area (TPSA) is 20.2 Å². The van der Waals surface area contributed by atoms with Crippen LogP contribution in [-0.2, 0) is 6.42 Å². The molecule has 0 aliphatic carbocycles. The van der Waals surface area contributed by atoms with Crippen LogP contribution in [0, 0.1) is 5.82 Å². The van der Waals surface area contributed by atoms with Crippen LogP contribution < -0.4 is 0 Å². The zero-order valence-corrected chi connectivity index (χ0v) is 10.8. The van der Waals surface area contributed by atoms with E-state index in [1.54, 1.807) is 17.8 Å². The summed E-state index contributed by atoms with van der Waals surface area (Å²) in [5.41, 5.74) is 0.799. The van der Waals surface area contributed by atoms with Crippen molar-refractivity contribution in [3.05, 3.63) is 34.6 Å². The minimum absolute atomic E-state index is 0.344. The molecule has 0 aliphatic rings. The van der Waals surface area contributed by atoms with E-state index in [0.29, 0.717) is 17.2 Å². The molecule has 0 spiro atoms. The predicted molar refractivity (Wildman–Crippen MR) is 68.7 cm³/mol. The van der Waals surface area contributed by atoms with E-state index in [1.165, 1.54) is 12.1 Å². The Morgan fingerprint density at radius 3 is 2.88 bits per heavy atom. The van der Waals surface area contributed by atoms with Crippen molar-refractivity contribution >= 4 is 23.4 Å². The molecule has 0 bridgehead atoms. The van der Waals surface area contributed by atoms with Gasteiger partial charge in [0.1, 0.15) is 5.82 Å². The first-order valence-corrected chi connectivity index (χ1v) is 6.86. The number of benzene rings is 1. The summed E-state index contributed by atoms with van der Waals surface area (Å²) in [4.78, 5) is 0. The van der Waals surface area contributed by atoms with Crippen LogP contribution in [0.25, 0.3) is 0 Å². The molecule has 1 aromatic rings. The molecule has 0 aromatic heterocycles. The summed E-state index contributed by atoms with van der Waals surface area (Å²) in [7, 11) is 0. The first kappa shape index (κ1) is 13.8. The van der Waals surface area contributed by atoms with E-state index < -0.39 is 6.10 Å². The lowest BCUT2D eigenvalue weighted by atomic mass is 10.1. The number of aliphatic hydroxyl groups is 1. The van der Waals surface area contributed by atoms with Crippen molar-refractivity contribution in [3.8, 4) is 0 Å². The Morgan fingerprint density at radius 2 is 2.25 bits per heavy atom. The number of rotatable bonds is 6. The van der Waals surface area contributed by atoms with Gasteiger partial charge < -0.3 is 5.11 Å². The van der Waals surface area contributed by atoms with Gasteiger partial charge in [-0.15, -0.1) is 0 Å². The number of hydrogen-bond acceptors (Lipinski definition) is 2. The van der Waals surface area contributed by atoms with Crippen LogP contribution in [0.3, 0.4) is 0 Å². The van der Waals surface area contributed by atoms with Crippen molar-refractivity contribution in [2.45, 2.75) is 25.9 Å². The van der Waals surface area contributed by atoms with Crippen molar-refractivity contribution in [2.75, 3.05) is 11.5 Å². The van der Waals surface area contributed by atoms with E-state index in [-0.39, 0.29) is 5.82 Å². The molecule has 1 unspecified atom stereocenters. The fourth-order valence-electron chi connectivity index (χ4n) is 1.36. The Hall–Kier alpha value is -0.250. The number of aliphatic hydroxyl groups excluding tert-OH is 1. The summed E-state index contributed by atoms with van der Waals surface area (Å²) in [6, 6.07) is 4.28. The molecule has 4 heteroatoms. The van der Waals surface area contributed by atoms with Gasteiger partial charge in [-0.25, -0.2) is 4.39 Å². The molecule has 1 rings (SSSR count). The highest BCUT2D eigenvalue weighted by Crippen LogP contribution is 2.19. The minimum Gasteiger partial charge on any atom is -0.392 e. The van der Waals surface area contributed by atoms with Crippen LogP contribution in [0.2, 0.25) is 5.02 Å². The first-order valence-electron chi connectivity index (χ1n) is 5.33. The van der Waals surface area contributed by atoms with Gasteiger partial charge in [0.15, 0.2) is 0 Å². The molecule has 0 fully saturated rings. The molecule has 16 heavy (non-hydrogen) atoms. The second kappa shape index (κ2) is 7.15. The third-order valence-corrected chi connectivity index (χ3v) is 3.80. The molecule has 1 atom stereocenters. The molecule has 0 saturated carbocycles. The van der Waals surface area contributed by atoms with Gasteiger partial charge in [0.25, 0.3) is 0 Å². The molecular formula is C12H16ClFOS. The summed E-state index contributed by atoms with van der Waals surface area (Å²) in [6.07, 6.45) is 1.17. The summed E-state index contributed by atoms with van der Waals surface area (Å²) in [5, 5.41) is 10.1. The highest BCUT2D eigenvalue weighted by molar-refractivity contribution is 7.99. The van der Waals surface area contributed by atoms with E-state index in [1.807, 2.05) is 0 Å². The maximum absolute atomic E-state index is 12.8. The normalized spacial score (nSPS) is 12.8. The van der Waals surface area contributed by atoms with Gasteiger partial charge in [-0.05, 0) is 29.9 Å². The van der Waals surface area contributed by atoms with Crippen LogP contribution in [0.5, 0.6) is 0 Å². The van der Waals surface area contributed by atoms with Gasteiger partial charge >= 0.3 is 0 Å². The van der Waals surface area contributed by atoms with E-state index in [4.69, 9.17) is 11.6 Å². The van der Waals surface area contributed by atoms with Crippen LogP contribution in [0.15, 0.2) is 18.2 Å². The van der Waals surface area contributed by atoms with Gasteiger partial charge in [-0.2, -0.15) is 11.8 Å². The quantitative estimate of drug-likeness (QED) is 0.792. The van der Waals surface area contributed by atoms with E-state index in [0.717, 1.165) is 17.7 Å². The standard InChI is InChI=1S/C12H16ClFOS/c1-2-5-16-8-11(15)6-9-3-4-10(14)7-12(9)13/h3-4,7,11,15H,2,5-6,8H2,1H3. The highest BCUT2D eigenvalue weighted by atomic mass is 35.5. The van der Waals surface area contributed by atoms with E-state index in [9.17, 15) is 9.50 Å². The Morgan fingerprint density at radius 1 is 1.50 bits per heavy atom. The molecule has 1 aromatic carbocycles. The number of halogens is 2. The first-order chi connectivity index (χ1) is 7.63. The molecule has 1 nitrogen and oxygen atoms in total. The summed E-state index contributed by atoms with van der Waals surface area (Å²) >= 11 is 7.60. The summed E-state index contributed by atoms with van der Waals surface area (Å²) in [5.74, 6) is 1.40. The van der Waals surface area contributed by atoms with Gasteiger partial charge in [0.2, 0.25) is 0 Å². The molecule has 0 saturated heterocycles. The fourth-order valence-corrected chi connectivity index (χ4v) is 2.45. The van der Waals surface area contributed by atoms with Crippen molar-refractivity contribution in [3.63, 3.8) is 0 Å². The van der Waals surface area contributed by atoms with Crippen LogP contribution in [0.4, 0.5) is 4.39 Å². The van der Waals surface area contributed by atoms with Crippen molar-refractivity contribution < 1.29 is 9.50 Å². The maximum atomic E-state index is 12.8. The number of thioether (sulfide) groups is 1. The fraction of sp³-hybridized carbons (Fsp3) is 0.500. The lowest BCUT2D eigenvalue weighted by Crippen LogP contribution is -2.14. The predicted octanol–water partition coefficient (Wildman–Crippen LogP) is 3.53. The van der Waals surface area contributed by atoms with Crippen molar-refractivity contribution in [1.29, 1.82) is 0 Å². The van der Waals surface area contributed by atoms with Crippen LogP contribution in [0.1, 0.15) is 18.9 Å². The molecular weight excluding hydrogens is 247 g/mol. The third kappa shape index (κ3) is 4.73. The minimum atomic E-state index is -0.417. The second-order valence-electron chi connectivity index (χ2n) is 3.67. The zero-order chi connectivity index (χ0) is 12.0. The second-order valence-corrected chi connectivity index (χ2v) is 5.23. The highest BCUT2D eigenvalue weighted by Gasteiger charge is 2.09. The Balaban J connectivity index is 2.46. The van der Waals surface area contributed by atoms with E-state index in [2.05, 4.69) is 6.92 Å². The maximum Gasteiger partial charge on any atom is 0.124 e. The molecule has 90 valence electrons. The van der Waals surface area contributed by atoms with Gasteiger partial charge in [-0.1, -0.05) is 24.6 Å². The van der Waals surface area contributed by atoms with Gasteiger partial charge in [0.05, 0.1) is 6.10 Å². The Kier molecular flexibility index (Phi) is 6.17. The number of hydrogen-bond donors (Lipinski definition) is 1. The molecule has 1 N–H and O–H groups in total.